The van der Waals surface area contributed by atoms with Gasteiger partial charge in [-0.05, 0) is 42.0 Å². The van der Waals surface area contributed by atoms with Crippen molar-refractivity contribution in [1.29, 1.82) is 0 Å². The van der Waals surface area contributed by atoms with Gasteiger partial charge >= 0.3 is 0 Å². The van der Waals surface area contributed by atoms with Crippen molar-refractivity contribution in [3.63, 3.8) is 0 Å². The van der Waals surface area contributed by atoms with Gasteiger partial charge in [-0.1, -0.05) is 18.2 Å². The molecule has 1 fully saturated rings. The number of halogens is 1. The van der Waals surface area contributed by atoms with Gasteiger partial charge in [0.15, 0.2) is 11.7 Å². The second kappa shape index (κ2) is 11.5. The molecule has 8 nitrogen and oxygen atoms in total. The first-order valence-electron chi connectivity index (χ1n) is 10.3. The molecule has 1 aliphatic heterocycles. The van der Waals surface area contributed by atoms with E-state index in [-0.39, 0.29) is 35.6 Å². The maximum Gasteiger partial charge on any atom is 0.291 e. The number of hydrogen-bond donors (Lipinski definition) is 2. The molecule has 4 rings (SSSR count). The average molecular weight is 546 g/mol. The van der Waals surface area contributed by atoms with Crippen molar-refractivity contribution in [2.45, 2.75) is 6.54 Å². The predicted octanol–water partition coefficient (Wildman–Crippen LogP) is 3.44. The Balaban J connectivity index is 0.00000289. The van der Waals surface area contributed by atoms with E-state index in [0.717, 1.165) is 49.2 Å². The fraction of sp³-hybridized carbons (Fsp3) is 0.261. The Morgan fingerprint density at radius 3 is 2.62 bits per heavy atom. The number of piperazine rings is 1. The molecule has 3 aromatic rings. The lowest BCUT2D eigenvalue weighted by atomic mass is 10.2. The van der Waals surface area contributed by atoms with Gasteiger partial charge in [0.05, 0.1) is 6.26 Å². The van der Waals surface area contributed by atoms with Crippen LogP contribution in [0.15, 0.2) is 76.5 Å². The van der Waals surface area contributed by atoms with Crippen molar-refractivity contribution < 1.29 is 9.21 Å². The number of carbonyl (C=O) groups excluding carboxylic acids is 1. The summed E-state index contributed by atoms with van der Waals surface area (Å²) in [7, 11) is 1.80. The third kappa shape index (κ3) is 6.00. The normalized spacial score (nSPS) is 14.0. The fourth-order valence-electron chi connectivity index (χ4n) is 3.56. The highest BCUT2D eigenvalue weighted by molar-refractivity contribution is 14.0. The van der Waals surface area contributed by atoms with Gasteiger partial charge in [0.1, 0.15) is 5.82 Å². The average Bonchev–Trinajstić information content (AvgIpc) is 3.36. The van der Waals surface area contributed by atoms with E-state index in [1.165, 1.54) is 6.26 Å². The maximum atomic E-state index is 12.2. The highest BCUT2D eigenvalue weighted by Gasteiger charge is 2.20. The summed E-state index contributed by atoms with van der Waals surface area (Å²) in [5.41, 5.74) is 1.77. The van der Waals surface area contributed by atoms with Crippen LogP contribution in [-0.4, -0.2) is 55.0 Å². The number of nitrogens with one attached hydrogen (secondary N) is 2. The van der Waals surface area contributed by atoms with E-state index in [1.54, 1.807) is 19.2 Å². The van der Waals surface area contributed by atoms with Gasteiger partial charge in [-0.25, -0.2) is 4.98 Å². The van der Waals surface area contributed by atoms with Crippen LogP contribution in [0.5, 0.6) is 0 Å². The Kier molecular flexibility index (Phi) is 8.48. The third-order valence-corrected chi connectivity index (χ3v) is 5.14. The van der Waals surface area contributed by atoms with Gasteiger partial charge in [-0.3, -0.25) is 9.79 Å². The number of carbonyl (C=O) groups is 1. The predicted molar refractivity (Wildman–Crippen MR) is 137 cm³/mol. The fourth-order valence-corrected chi connectivity index (χ4v) is 3.56. The van der Waals surface area contributed by atoms with Crippen molar-refractivity contribution in [1.82, 2.24) is 15.2 Å². The molecule has 1 aromatic carbocycles. The van der Waals surface area contributed by atoms with Crippen molar-refractivity contribution in [3.05, 3.63) is 78.4 Å². The van der Waals surface area contributed by atoms with Crippen LogP contribution < -0.4 is 15.5 Å². The van der Waals surface area contributed by atoms with Gasteiger partial charge in [0.2, 0.25) is 0 Å². The number of furan rings is 1. The number of aromatic nitrogens is 1. The second-order valence-electron chi connectivity index (χ2n) is 7.19. The Bertz CT molecular complexity index is 1020. The van der Waals surface area contributed by atoms with Crippen LogP contribution in [0, 0.1) is 0 Å². The molecular formula is C23H27IN6O2. The minimum Gasteiger partial charge on any atom is -0.459 e. The van der Waals surface area contributed by atoms with E-state index in [0.29, 0.717) is 6.54 Å². The number of aliphatic imine (C=N–C) groups is 1. The van der Waals surface area contributed by atoms with E-state index < -0.39 is 0 Å². The van der Waals surface area contributed by atoms with E-state index in [1.807, 2.05) is 48.7 Å². The van der Waals surface area contributed by atoms with Crippen LogP contribution in [0.25, 0.3) is 0 Å². The van der Waals surface area contributed by atoms with Crippen molar-refractivity contribution >= 4 is 47.3 Å². The van der Waals surface area contributed by atoms with Crippen LogP contribution in [0.1, 0.15) is 16.1 Å². The monoisotopic (exact) mass is 546 g/mol. The molecule has 3 heterocycles. The van der Waals surface area contributed by atoms with E-state index >= 15 is 0 Å². The summed E-state index contributed by atoms with van der Waals surface area (Å²) in [5, 5.41) is 6.29. The Labute approximate surface area is 204 Å². The summed E-state index contributed by atoms with van der Waals surface area (Å²) in [5.74, 6) is 1.90. The number of nitrogens with zero attached hydrogens (tertiary/aromatic N) is 4. The van der Waals surface area contributed by atoms with E-state index in [4.69, 9.17) is 4.42 Å². The lowest BCUT2D eigenvalue weighted by Gasteiger charge is -2.37. The minimum absolute atomic E-state index is 0. The quantitative estimate of drug-likeness (QED) is 0.290. The molecule has 1 saturated heterocycles. The Morgan fingerprint density at radius 2 is 1.94 bits per heavy atom. The Morgan fingerprint density at radius 1 is 1.09 bits per heavy atom. The van der Waals surface area contributed by atoms with Gasteiger partial charge in [0.25, 0.3) is 5.91 Å². The first kappa shape index (κ1) is 23.6. The molecule has 0 aliphatic carbocycles. The van der Waals surface area contributed by atoms with Gasteiger partial charge in [-0.2, -0.15) is 0 Å². The minimum atomic E-state index is -0.267. The largest absolute Gasteiger partial charge is 0.459 e. The molecule has 2 aromatic heterocycles. The zero-order valence-electron chi connectivity index (χ0n) is 17.9. The van der Waals surface area contributed by atoms with Crippen LogP contribution in [0.2, 0.25) is 0 Å². The Hall–Kier alpha value is -3.08. The number of amides is 1. The molecule has 0 saturated carbocycles. The smallest absolute Gasteiger partial charge is 0.291 e. The van der Waals surface area contributed by atoms with Crippen LogP contribution in [0.4, 0.5) is 11.5 Å². The topological polar surface area (TPSA) is 86.0 Å². The molecular weight excluding hydrogens is 519 g/mol. The molecule has 32 heavy (non-hydrogen) atoms. The number of guanidine groups is 1. The van der Waals surface area contributed by atoms with E-state index in [2.05, 4.69) is 30.4 Å². The number of pyridine rings is 1. The zero-order valence-corrected chi connectivity index (χ0v) is 20.2. The molecule has 0 unspecified atom stereocenters. The highest BCUT2D eigenvalue weighted by Crippen LogP contribution is 2.14. The summed E-state index contributed by atoms with van der Waals surface area (Å²) < 4.78 is 5.14. The molecule has 2 N–H and O–H groups in total. The first-order valence-corrected chi connectivity index (χ1v) is 10.3. The number of hydrogen-bond acceptors (Lipinski definition) is 5. The number of rotatable bonds is 5. The summed E-state index contributed by atoms with van der Waals surface area (Å²) in [4.78, 5) is 25.6. The second-order valence-corrected chi connectivity index (χ2v) is 7.19. The number of benzene rings is 1. The van der Waals surface area contributed by atoms with Crippen molar-refractivity contribution in [3.8, 4) is 0 Å². The lowest BCUT2D eigenvalue weighted by molar-refractivity contribution is 0.0996. The molecule has 0 spiro atoms. The number of anilines is 2. The third-order valence-electron chi connectivity index (χ3n) is 5.14. The van der Waals surface area contributed by atoms with Crippen molar-refractivity contribution in [2.75, 3.05) is 43.4 Å². The van der Waals surface area contributed by atoms with Crippen LogP contribution in [-0.2, 0) is 6.54 Å². The molecule has 0 atom stereocenters. The van der Waals surface area contributed by atoms with Crippen LogP contribution in [0.3, 0.4) is 0 Å². The van der Waals surface area contributed by atoms with Crippen molar-refractivity contribution in [2.24, 2.45) is 4.99 Å². The molecule has 9 heteroatoms. The first-order chi connectivity index (χ1) is 15.2. The van der Waals surface area contributed by atoms with Gasteiger partial charge in [-0.15, -0.1) is 24.0 Å². The molecule has 0 radical (unpaired) electrons. The zero-order chi connectivity index (χ0) is 21.5. The highest BCUT2D eigenvalue weighted by atomic mass is 127. The standard InChI is InChI=1S/C23H26N6O2.HI/c1-24-23(29-13-11-28(12-14-29)21-9-2-3-10-25-21)26-17-18-6-4-7-19(16-18)27-22(30)20-8-5-15-31-20;/h2-10,15-16H,11-14,17H2,1H3,(H,24,26)(H,27,30);1H. The van der Waals surface area contributed by atoms with Crippen LogP contribution >= 0.6 is 24.0 Å². The summed E-state index contributed by atoms with van der Waals surface area (Å²) in [6.07, 6.45) is 3.31. The summed E-state index contributed by atoms with van der Waals surface area (Å²) in [6.45, 7) is 4.14. The molecule has 1 aliphatic rings. The van der Waals surface area contributed by atoms with E-state index in [9.17, 15) is 4.79 Å². The van der Waals surface area contributed by atoms with Gasteiger partial charge < -0.3 is 24.9 Å². The maximum absolute atomic E-state index is 12.2. The molecule has 1 amide bonds. The SMILES string of the molecule is CN=C(NCc1cccc(NC(=O)c2ccco2)c1)N1CCN(c2ccccn2)CC1.I. The summed E-state index contributed by atoms with van der Waals surface area (Å²) >= 11 is 0. The summed E-state index contributed by atoms with van der Waals surface area (Å²) in [6, 6.07) is 17.1. The molecule has 0 bridgehead atoms. The van der Waals surface area contributed by atoms with Gasteiger partial charge in [0, 0.05) is 51.7 Å². The molecule has 168 valence electrons. The lowest BCUT2D eigenvalue weighted by Crippen LogP contribution is -2.52.